The van der Waals surface area contributed by atoms with Crippen molar-refractivity contribution in [3.63, 3.8) is 0 Å². The van der Waals surface area contributed by atoms with Crippen molar-refractivity contribution in [2.75, 3.05) is 32.7 Å². The second-order valence-electron chi connectivity index (χ2n) is 6.92. The number of carbonyl (C=O) groups is 2. The van der Waals surface area contributed by atoms with Crippen molar-refractivity contribution in [1.82, 2.24) is 5.32 Å². The topological polar surface area (TPSA) is 85.9 Å². The fraction of sp³-hybridized carbons (Fsp3) is 0.200. The monoisotopic (exact) mass is 434 g/mol. The molecule has 0 aliphatic heterocycles. The minimum Gasteiger partial charge on any atom is -0.496 e. The molecule has 0 radical (unpaired) electrons. The van der Waals surface area contributed by atoms with Gasteiger partial charge in [0.2, 0.25) is 0 Å². The molecular weight excluding hydrogens is 408 g/mol. The van der Waals surface area contributed by atoms with Crippen molar-refractivity contribution in [3.05, 3.63) is 83.9 Å². The van der Waals surface area contributed by atoms with Crippen LogP contribution in [0, 0.1) is 0 Å². The van der Waals surface area contributed by atoms with Crippen LogP contribution in [0.4, 0.5) is 5.69 Å². The Balaban J connectivity index is 1.57. The van der Waals surface area contributed by atoms with Gasteiger partial charge in [-0.1, -0.05) is 42.5 Å². The lowest BCUT2D eigenvalue weighted by Gasteiger charge is -2.13. The van der Waals surface area contributed by atoms with E-state index < -0.39 is 5.91 Å². The Labute approximate surface area is 187 Å². The highest BCUT2D eigenvalue weighted by molar-refractivity contribution is 6.04. The van der Waals surface area contributed by atoms with Crippen LogP contribution < -0.4 is 24.8 Å². The maximum atomic E-state index is 12.6. The van der Waals surface area contributed by atoms with Gasteiger partial charge in [0.15, 0.2) is 6.61 Å². The van der Waals surface area contributed by atoms with Crippen LogP contribution in [0.25, 0.3) is 0 Å². The molecule has 3 aromatic rings. The van der Waals surface area contributed by atoms with Crippen LogP contribution in [0.1, 0.15) is 15.9 Å². The van der Waals surface area contributed by atoms with Gasteiger partial charge in [-0.25, -0.2) is 0 Å². The molecule has 7 nitrogen and oxygen atoms in total. The summed E-state index contributed by atoms with van der Waals surface area (Å²) >= 11 is 0. The van der Waals surface area contributed by atoms with E-state index in [1.807, 2.05) is 30.3 Å². The molecule has 0 aromatic heterocycles. The molecule has 0 aliphatic rings. The fourth-order valence-corrected chi connectivity index (χ4v) is 3.05. The summed E-state index contributed by atoms with van der Waals surface area (Å²) < 4.78 is 16.0. The standard InChI is InChI=1S/C25H26N2O5/c1-30-19-14-20(31-2)16-21(15-19)32-17-24(28)27-23-11-7-6-10-22(23)25(29)26-13-12-18-8-4-3-5-9-18/h3-11,14-16H,12-13,17H2,1-2H3,(H,26,29)(H,27,28). The number of hydrogen-bond acceptors (Lipinski definition) is 5. The summed E-state index contributed by atoms with van der Waals surface area (Å²) in [5.74, 6) is 0.893. The molecule has 2 amide bonds. The van der Waals surface area contributed by atoms with E-state index in [-0.39, 0.29) is 12.5 Å². The van der Waals surface area contributed by atoms with Crippen molar-refractivity contribution in [3.8, 4) is 17.2 Å². The average Bonchev–Trinajstić information content (AvgIpc) is 2.83. The minimum absolute atomic E-state index is 0.236. The Morgan fingerprint density at radius 2 is 1.44 bits per heavy atom. The molecule has 3 rings (SSSR count). The second kappa shape index (κ2) is 11.4. The van der Waals surface area contributed by atoms with E-state index in [0.29, 0.717) is 35.0 Å². The third-order valence-corrected chi connectivity index (χ3v) is 4.68. The zero-order valence-corrected chi connectivity index (χ0v) is 18.1. The Morgan fingerprint density at radius 1 is 0.812 bits per heavy atom. The Morgan fingerprint density at radius 3 is 2.12 bits per heavy atom. The summed E-state index contributed by atoms with van der Waals surface area (Å²) in [5, 5.41) is 5.63. The van der Waals surface area contributed by atoms with Crippen molar-refractivity contribution >= 4 is 17.5 Å². The van der Waals surface area contributed by atoms with Crippen LogP contribution >= 0.6 is 0 Å². The highest BCUT2D eigenvalue weighted by atomic mass is 16.5. The molecule has 0 aliphatic carbocycles. The van der Waals surface area contributed by atoms with Gasteiger partial charge in [-0.15, -0.1) is 0 Å². The quantitative estimate of drug-likeness (QED) is 0.508. The number of nitrogens with one attached hydrogen (secondary N) is 2. The molecule has 0 unspecified atom stereocenters. The zero-order valence-electron chi connectivity index (χ0n) is 18.1. The van der Waals surface area contributed by atoms with Crippen molar-refractivity contribution in [2.24, 2.45) is 0 Å². The lowest BCUT2D eigenvalue weighted by Crippen LogP contribution is -2.28. The van der Waals surface area contributed by atoms with Crippen molar-refractivity contribution < 1.29 is 23.8 Å². The van der Waals surface area contributed by atoms with Crippen LogP contribution in [0.5, 0.6) is 17.2 Å². The molecule has 0 saturated carbocycles. The van der Waals surface area contributed by atoms with E-state index in [4.69, 9.17) is 14.2 Å². The van der Waals surface area contributed by atoms with Gasteiger partial charge in [0.1, 0.15) is 17.2 Å². The third-order valence-electron chi connectivity index (χ3n) is 4.68. The lowest BCUT2D eigenvalue weighted by molar-refractivity contribution is -0.118. The lowest BCUT2D eigenvalue weighted by atomic mass is 10.1. The van der Waals surface area contributed by atoms with E-state index in [1.165, 1.54) is 14.2 Å². The van der Waals surface area contributed by atoms with Crippen LogP contribution in [-0.4, -0.2) is 39.2 Å². The van der Waals surface area contributed by atoms with Gasteiger partial charge in [0.05, 0.1) is 25.5 Å². The highest BCUT2D eigenvalue weighted by Crippen LogP contribution is 2.27. The normalized spacial score (nSPS) is 10.2. The Bertz CT molecular complexity index is 1030. The van der Waals surface area contributed by atoms with Crippen molar-refractivity contribution in [2.45, 2.75) is 6.42 Å². The number of amides is 2. The molecule has 2 N–H and O–H groups in total. The summed E-state index contributed by atoms with van der Waals surface area (Å²) in [5.41, 5.74) is 1.94. The number of hydrogen-bond donors (Lipinski definition) is 2. The minimum atomic E-state index is -0.392. The average molecular weight is 434 g/mol. The van der Waals surface area contributed by atoms with Gasteiger partial charge < -0.3 is 24.8 Å². The number of ether oxygens (including phenoxy) is 3. The second-order valence-corrected chi connectivity index (χ2v) is 6.92. The predicted molar refractivity (Wildman–Crippen MR) is 123 cm³/mol. The van der Waals surface area contributed by atoms with Crippen LogP contribution in [-0.2, 0) is 11.2 Å². The number of rotatable bonds is 10. The zero-order chi connectivity index (χ0) is 22.8. The molecule has 0 spiro atoms. The summed E-state index contributed by atoms with van der Waals surface area (Å²) in [6, 6.07) is 21.8. The third kappa shape index (κ3) is 6.50. The molecule has 0 saturated heterocycles. The SMILES string of the molecule is COc1cc(OC)cc(OCC(=O)Nc2ccccc2C(=O)NCCc2ccccc2)c1. The first-order valence-electron chi connectivity index (χ1n) is 10.2. The first-order valence-corrected chi connectivity index (χ1v) is 10.2. The summed E-state index contributed by atoms with van der Waals surface area (Å²) in [6.45, 7) is 0.256. The molecule has 0 bridgehead atoms. The molecule has 3 aromatic carbocycles. The predicted octanol–water partition coefficient (Wildman–Crippen LogP) is 3.69. The van der Waals surface area contributed by atoms with Gasteiger partial charge in [0.25, 0.3) is 11.8 Å². The van der Waals surface area contributed by atoms with Gasteiger partial charge in [-0.05, 0) is 24.1 Å². The number of methoxy groups -OCH3 is 2. The van der Waals surface area contributed by atoms with Gasteiger partial charge in [0, 0.05) is 24.7 Å². The summed E-state index contributed by atoms with van der Waals surface area (Å²) in [4.78, 5) is 25.1. The molecule has 7 heteroatoms. The molecule has 0 heterocycles. The smallest absolute Gasteiger partial charge is 0.262 e. The van der Waals surface area contributed by atoms with E-state index >= 15 is 0 Å². The van der Waals surface area contributed by atoms with Gasteiger partial charge in [-0.3, -0.25) is 9.59 Å². The number of para-hydroxylation sites is 1. The van der Waals surface area contributed by atoms with E-state index in [0.717, 1.165) is 12.0 Å². The largest absolute Gasteiger partial charge is 0.496 e. The van der Waals surface area contributed by atoms with Crippen LogP contribution in [0.15, 0.2) is 72.8 Å². The van der Waals surface area contributed by atoms with Gasteiger partial charge in [-0.2, -0.15) is 0 Å². The van der Waals surface area contributed by atoms with E-state index in [9.17, 15) is 9.59 Å². The first kappa shape index (κ1) is 22.7. The van der Waals surface area contributed by atoms with Crippen LogP contribution in [0.3, 0.4) is 0 Å². The van der Waals surface area contributed by atoms with Crippen LogP contribution in [0.2, 0.25) is 0 Å². The number of carbonyl (C=O) groups excluding carboxylic acids is 2. The molecule has 0 atom stereocenters. The number of benzene rings is 3. The molecular formula is C25H26N2O5. The maximum Gasteiger partial charge on any atom is 0.262 e. The first-order chi connectivity index (χ1) is 15.6. The Hall–Kier alpha value is -4.00. The van der Waals surface area contributed by atoms with Crippen molar-refractivity contribution in [1.29, 1.82) is 0 Å². The van der Waals surface area contributed by atoms with E-state index in [2.05, 4.69) is 10.6 Å². The number of anilines is 1. The maximum absolute atomic E-state index is 12.6. The fourth-order valence-electron chi connectivity index (χ4n) is 3.05. The molecule has 166 valence electrons. The Kier molecular flexibility index (Phi) is 8.09. The highest BCUT2D eigenvalue weighted by Gasteiger charge is 2.13. The molecule has 0 fully saturated rings. The van der Waals surface area contributed by atoms with E-state index in [1.54, 1.807) is 42.5 Å². The molecule has 32 heavy (non-hydrogen) atoms. The summed E-state index contributed by atoms with van der Waals surface area (Å²) in [7, 11) is 3.07. The van der Waals surface area contributed by atoms with Gasteiger partial charge >= 0.3 is 0 Å². The summed E-state index contributed by atoms with van der Waals surface area (Å²) in [6.07, 6.45) is 0.721.